The number of thioether (sulfide) groups is 1. The van der Waals surface area contributed by atoms with E-state index >= 15 is 0 Å². The van der Waals surface area contributed by atoms with Crippen molar-refractivity contribution in [2.24, 2.45) is 11.7 Å². The van der Waals surface area contributed by atoms with Crippen LogP contribution in [0.25, 0.3) is 0 Å². The average Bonchev–Trinajstić information content (AvgIpc) is 2.47. The first-order valence-corrected chi connectivity index (χ1v) is 8.37. The highest BCUT2D eigenvalue weighted by molar-refractivity contribution is 8.00. The van der Waals surface area contributed by atoms with Crippen molar-refractivity contribution in [3.8, 4) is 0 Å². The van der Waals surface area contributed by atoms with E-state index in [0.29, 0.717) is 18.2 Å². The van der Waals surface area contributed by atoms with E-state index in [9.17, 15) is 4.79 Å². The molecule has 2 rings (SSSR count). The highest BCUT2D eigenvalue weighted by atomic mass is 32.2. The molecule has 3 N–H and O–H groups in total. The maximum Gasteiger partial charge on any atom is 0.230 e. The topological polar surface area (TPSA) is 55.1 Å². The van der Waals surface area contributed by atoms with Crippen molar-refractivity contribution in [2.45, 2.75) is 43.5 Å². The number of nitrogens with two attached hydrogens (primary N) is 1. The zero-order valence-electron chi connectivity index (χ0n) is 12.1. The Morgan fingerprint density at radius 2 is 2.10 bits per heavy atom. The summed E-state index contributed by atoms with van der Waals surface area (Å²) in [5.74, 6) is 1.07. The first-order chi connectivity index (χ1) is 9.70. The maximum absolute atomic E-state index is 12.1. The quantitative estimate of drug-likeness (QED) is 0.821. The molecule has 0 heterocycles. The molecule has 4 heteroatoms. The fourth-order valence-electron chi connectivity index (χ4n) is 2.79. The molecule has 110 valence electrons. The number of aryl methyl sites for hydroxylation is 1. The Balaban J connectivity index is 1.82. The third kappa shape index (κ3) is 4.25. The number of carbonyl (C=O) groups excluding carboxylic acids is 1. The molecule has 1 saturated carbocycles. The Bertz CT molecular complexity index is 450. The van der Waals surface area contributed by atoms with Gasteiger partial charge in [-0.3, -0.25) is 4.79 Å². The van der Waals surface area contributed by atoms with Gasteiger partial charge in [-0.05, 0) is 43.9 Å². The largest absolute Gasteiger partial charge is 0.352 e. The molecule has 0 aromatic heterocycles. The monoisotopic (exact) mass is 292 g/mol. The van der Waals surface area contributed by atoms with Crippen molar-refractivity contribution in [2.75, 3.05) is 12.3 Å². The molecule has 0 saturated heterocycles. The van der Waals surface area contributed by atoms with Crippen LogP contribution in [0, 0.1) is 12.8 Å². The molecule has 0 bridgehead atoms. The van der Waals surface area contributed by atoms with Crippen molar-refractivity contribution in [1.82, 2.24) is 5.32 Å². The summed E-state index contributed by atoms with van der Waals surface area (Å²) in [4.78, 5) is 13.3. The SMILES string of the molecule is Cc1ccccc1SCC(=O)NC1CCCCC1CN. The maximum atomic E-state index is 12.1. The predicted octanol–water partition coefficient (Wildman–Crippen LogP) is 2.72. The Kier molecular flexibility index (Phi) is 5.92. The fourth-order valence-corrected chi connectivity index (χ4v) is 3.63. The summed E-state index contributed by atoms with van der Waals surface area (Å²) in [5, 5.41) is 3.17. The van der Waals surface area contributed by atoms with Crippen LogP contribution >= 0.6 is 11.8 Å². The van der Waals surface area contributed by atoms with Crippen LogP contribution in [0.1, 0.15) is 31.2 Å². The lowest BCUT2D eigenvalue weighted by Crippen LogP contribution is -2.45. The van der Waals surface area contributed by atoms with Crippen molar-refractivity contribution in [1.29, 1.82) is 0 Å². The van der Waals surface area contributed by atoms with E-state index in [2.05, 4.69) is 24.4 Å². The summed E-state index contributed by atoms with van der Waals surface area (Å²) in [5.41, 5.74) is 7.02. The van der Waals surface area contributed by atoms with Crippen LogP contribution in [-0.2, 0) is 4.79 Å². The Morgan fingerprint density at radius 1 is 1.35 bits per heavy atom. The number of hydrogen-bond acceptors (Lipinski definition) is 3. The Hall–Kier alpha value is -1.00. The van der Waals surface area contributed by atoms with Gasteiger partial charge in [-0.1, -0.05) is 31.0 Å². The second kappa shape index (κ2) is 7.70. The first-order valence-electron chi connectivity index (χ1n) is 7.38. The number of carbonyl (C=O) groups is 1. The lowest BCUT2D eigenvalue weighted by atomic mass is 9.84. The molecular formula is C16H24N2OS. The van der Waals surface area contributed by atoms with E-state index in [1.807, 2.05) is 12.1 Å². The minimum atomic E-state index is 0.128. The van der Waals surface area contributed by atoms with E-state index in [1.54, 1.807) is 11.8 Å². The van der Waals surface area contributed by atoms with Crippen LogP contribution in [-0.4, -0.2) is 24.2 Å². The molecule has 1 aromatic rings. The van der Waals surface area contributed by atoms with Crippen molar-refractivity contribution >= 4 is 17.7 Å². The molecule has 1 fully saturated rings. The van der Waals surface area contributed by atoms with Crippen LogP contribution in [0.3, 0.4) is 0 Å². The van der Waals surface area contributed by atoms with Gasteiger partial charge >= 0.3 is 0 Å². The summed E-state index contributed by atoms with van der Waals surface area (Å²) >= 11 is 1.61. The molecule has 1 aliphatic rings. The third-order valence-electron chi connectivity index (χ3n) is 4.01. The van der Waals surface area contributed by atoms with Crippen molar-refractivity contribution < 1.29 is 4.79 Å². The van der Waals surface area contributed by atoms with Gasteiger partial charge in [-0.2, -0.15) is 0 Å². The van der Waals surface area contributed by atoms with E-state index in [-0.39, 0.29) is 11.9 Å². The summed E-state index contributed by atoms with van der Waals surface area (Å²) in [6.45, 7) is 2.75. The number of rotatable bonds is 5. The molecule has 1 aliphatic carbocycles. The van der Waals surface area contributed by atoms with Crippen LogP contribution in [0.2, 0.25) is 0 Å². The molecule has 0 spiro atoms. The van der Waals surface area contributed by atoms with Crippen molar-refractivity contribution in [3.63, 3.8) is 0 Å². The van der Waals surface area contributed by atoms with Gasteiger partial charge in [0.05, 0.1) is 5.75 Å². The summed E-state index contributed by atoms with van der Waals surface area (Å²) in [6.07, 6.45) is 4.66. The molecule has 0 radical (unpaired) electrons. The highest BCUT2D eigenvalue weighted by Crippen LogP contribution is 2.24. The second-order valence-electron chi connectivity index (χ2n) is 5.51. The zero-order chi connectivity index (χ0) is 14.4. The Morgan fingerprint density at radius 3 is 2.85 bits per heavy atom. The molecule has 3 nitrogen and oxygen atoms in total. The van der Waals surface area contributed by atoms with Gasteiger partial charge in [0.15, 0.2) is 0 Å². The van der Waals surface area contributed by atoms with Gasteiger partial charge in [-0.15, -0.1) is 11.8 Å². The van der Waals surface area contributed by atoms with E-state index in [4.69, 9.17) is 5.73 Å². The minimum absolute atomic E-state index is 0.128. The molecule has 0 aliphatic heterocycles. The van der Waals surface area contributed by atoms with Gasteiger partial charge in [0.25, 0.3) is 0 Å². The van der Waals surface area contributed by atoms with E-state index in [0.717, 1.165) is 12.8 Å². The summed E-state index contributed by atoms with van der Waals surface area (Å²) < 4.78 is 0. The van der Waals surface area contributed by atoms with Gasteiger partial charge in [0, 0.05) is 10.9 Å². The molecule has 1 aromatic carbocycles. The molecule has 20 heavy (non-hydrogen) atoms. The van der Waals surface area contributed by atoms with E-state index < -0.39 is 0 Å². The van der Waals surface area contributed by atoms with Gasteiger partial charge in [0.1, 0.15) is 0 Å². The zero-order valence-corrected chi connectivity index (χ0v) is 12.9. The van der Waals surface area contributed by atoms with Crippen LogP contribution < -0.4 is 11.1 Å². The van der Waals surface area contributed by atoms with Gasteiger partial charge in [0.2, 0.25) is 5.91 Å². The van der Waals surface area contributed by atoms with Gasteiger partial charge < -0.3 is 11.1 Å². The summed E-state index contributed by atoms with van der Waals surface area (Å²) in [7, 11) is 0. The second-order valence-corrected chi connectivity index (χ2v) is 6.53. The number of amides is 1. The van der Waals surface area contributed by atoms with Gasteiger partial charge in [-0.25, -0.2) is 0 Å². The van der Waals surface area contributed by atoms with Crippen LogP contribution in [0.15, 0.2) is 29.2 Å². The lowest BCUT2D eigenvalue weighted by molar-refractivity contribution is -0.119. The number of nitrogens with one attached hydrogen (secondary N) is 1. The normalized spacial score (nSPS) is 22.5. The average molecular weight is 292 g/mol. The molecule has 1 amide bonds. The van der Waals surface area contributed by atoms with Crippen molar-refractivity contribution in [3.05, 3.63) is 29.8 Å². The molecule has 2 unspecified atom stereocenters. The number of hydrogen-bond donors (Lipinski definition) is 2. The predicted molar refractivity (Wildman–Crippen MR) is 84.8 cm³/mol. The highest BCUT2D eigenvalue weighted by Gasteiger charge is 2.25. The standard InChI is InChI=1S/C16H24N2OS/c1-12-6-2-5-9-15(12)20-11-16(19)18-14-8-4-3-7-13(14)10-17/h2,5-6,9,13-14H,3-4,7-8,10-11,17H2,1H3,(H,18,19). The van der Waals surface area contributed by atoms with E-state index in [1.165, 1.54) is 23.3 Å². The Labute approximate surface area is 125 Å². The first kappa shape index (κ1) is 15.4. The molecular weight excluding hydrogens is 268 g/mol. The molecule has 2 atom stereocenters. The smallest absolute Gasteiger partial charge is 0.230 e. The van der Waals surface area contributed by atoms with Crippen LogP contribution in [0.5, 0.6) is 0 Å². The third-order valence-corrected chi connectivity index (χ3v) is 5.19. The number of benzene rings is 1. The lowest BCUT2D eigenvalue weighted by Gasteiger charge is -2.31. The van der Waals surface area contributed by atoms with Crippen LogP contribution in [0.4, 0.5) is 0 Å². The minimum Gasteiger partial charge on any atom is -0.352 e. The summed E-state index contributed by atoms with van der Waals surface area (Å²) in [6, 6.07) is 8.45. The fraction of sp³-hybridized carbons (Fsp3) is 0.562.